The molecule has 1 aliphatic heterocycles. The van der Waals surface area contributed by atoms with Crippen LogP contribution in [0.1, 0.15) is 12.8 Å². The van der Waals surface area contributed by atoms with Gasteiger partial charge in [-0.25, -0.2) is 4.79 Å². The maximum atomic E-state index is 10.5. The average molecular weight is 171 g/mol. The van der Waals surface area contributed by atoms with E-state index in [9.17, 15) is 9.59 Å². The normalized spacial score (nSPS) is 28.3. The summed E-state index contributed by atoms with van der Waals surface area (Å²) in [5.74, 6) is -3.12. The van der Waals surface area contributed by atoms with Gasteiger partial charge in [-0.05, 0) is 19.1 Å². The molecule has 0 aliphatic carbocycles. The van der Waals surface area contributed by atoms with Crippen LogP contribution in [0.15, 0.2) is 4.99 Å². The summed E-state index contributed by atoms with van der Waals surface area (Å²) in [4.78, 5) is 24.7. The summed E-state index contributed by atoms with van der Waals surface area (Å²) in [6, 6.07) is -1.10. The number of nitrogens with zero attached hydrogens (tertiary/aromatic N) is 1. The van der Waals surface area contributed by atoms with Gasteiger partial charge in [-0.3, -0.25) is 9.79 Å². The number of rotatable bonds is 2. The first-order chi connectivity index (χ1) is 5.63. The first kappa shape index (κ1) is 8.70. The zero-order valence-electron chi connectivity index (χ0n) is 6.30. The van der Waals surface area contributed by atoms with Crippen molar-refractivity contribution in [3.63, 3.8) is 0 Å². The summed E-state index contributed by atoms with van der Waals surface area (Å²) in [5.41, 5.74) is 0. The van der Waals surface area contributed by atoms with Crippen LogP contribution in [0.3, 0.4) is 0 Å². The van der Waals surface area contributed by atoms with Crippen molar-refractivity contribution in [2.24, 2.45) is 10.9 Å². The Kier molecular flexibility index (Phi) is 2.42. The molecule has 2 N–H and O–H groups in total. The van der Waals surface area contributed by atoms with Crippen molar-refractivity contribution in [1.29, 1.82) is 0 Å². The Labute approximate surface area is 68.7 Å². The molecule has 2 atom stereocenters. The number of carboxylic acid groups (broad SMARTS) is 2. The van der Waals surface area contributed by atoms with Crippen molar-refractivity contribution < 1.29 is 19.8 Å². The lowest BCUT2D eigenvalue weighted by Gasteiger charge is -2.19. The fourth-order valence-corrected chi connectivity index (χ4v) is 1.20. The molecule has 2 unspecified atom stereocenters. The Morgan fingerprint density at radius 2 is 2.00 bits per heavy atom. The van der Waals surface area contributed by atoms with Gasteiger partial charge in [-0.2, -0.15) is 0 Å². The molecule has 0 radical (unpaired) electrons. The van der Waals surface area contributed by atoms with Crippen molar-refractivity contribution in [2.45, 2.75) is 18.9 Å². The fraction of sp³-hybridized carbons (Fsp3) is 0.571. The smallest absolute Gasteiger partial charge is 0.329 e. The fourth-order valence-electron chi connectivity index (χ4n) is 1.20. The Bertz CT molecular complexity index is 236. The molecule has 0 amide bonds. The van der Waals surface area contributed by atoms with Crippen molar-refractivity contribution >= 4 is 18.2 Å². The predicted molar refractivity (Wildman–Crippen MR) is 40.3 cm³/mol. The van der Waals surface area contributed by atoms with E-state index in [4.69, 9.17) is 10.2 Å². The highest BCUT2D eigenvalue weighted by Crippen LogP contribution is 2.18. The molecule has 0 bridgehead atoms. The van der Waals surface area contributed by atoms with Crippen LogP contribution in [0, 0.1) is 5.92 Å². The molecule has 0 saturated carbocycles. The van der Waals surface area contributed by atoms with Crippen LogP contribution < -0.4 is 0 Å². The van der Waals surface area contributed by atoms with E-state index in [1.807, 2.05) is 0 Å². The summed E-state index contributed by atoms with van der Waals surface area (Å²) in [5, 5.41) is 17.2. The van der Waals surface area contributed by atoms with Gasteiger partial charge in [0.25, 0.3) is 0 Å². The standard InChI is InChI=1S/C7H9NO4/c9-6(10)4-2-1-3-8-5(4)7(11)12/h3-5H,1-2H2,(H,9,10)(H,11,12). The molecule has 1 heterocycles. The zero-order valence-corrected chi connectivity index (χ0v) is 6.30. The number of hydrogen-bond acceptors (Lipinski definition) is 3. The van der Waals surface area contributed by atoms with E-state index in [0.29, 0.717) is 12.8 Å². The summed E-state index contributed by atoms with van der Waals surface area (Å²) < 4.78 is 0. The molecular formula is C7H9NO4. The topological polar surface area (TPSA) is 87.0 Å². The minimum absolute atomic E-state index is 0.357. The lowest BCUT2D eigenvalue weighted by molar-refractivity contribution is -0.150. The molecule has 5 heteroatoms. The van der Waals surface area contributed by atoms with Crippen LogP contribution in [-0.2, 0) is 9.59 Å². The Morgan fingerprint density at radius 3 is 2.42 bits per heavy atom. The molecule has 1 rings (SSSR count). The Hall–Kier alpha value is -1.39. The lowest BCUT2D eigenvalue weighted by atomic mass is 9.93. The van der Waals surface area contributed by atoms with Crippen LogP contribution in [0.4, 0.5) is 0 Å². The number of carbonyl (C=O) groups is 2. The molecule has 1 aliphatic rings. The zero-order chi connectivity index (χ0) is 9.14. The van der Waals surface area contributed by atoms with Crippen molar-refractivity contribution in [3.8, 4) is 0 Å². The summed E-state index contributed by atoms with van der Waals surface area (Å²) in [6.07, 6.45) is 2.37. The maximum absolute atomic E-state index is 10.5. The van der Waals surface area contributed by atoms with Crippen molar-refractivity contribution in [3.05, 3.63) is 0 Å². The van der Waals surface area contributed by atoms with Crippen LogP contribution in [0.25, 0.3) is 0 Å². The monoisotopic (exact) mass is 171 g/mol. The van der Waals surface area contributed by atoms with Gasteiger partial charge in [0.15, 0.2) is 6.04 Å². The third-order valence-electron chi connectivity index (χ3n) is 1.82. The van der Waals surface area contributed by atoms with Gasteiger partial charge in [0, 0.05) is 0 Å². The van der Waals surface area contributed by atoms with Gasteiger partial charge >= 0.3 is 11.9 Å². The number of hydrogen-bond donors (Lipinski definition) is 2. The first-order valence-corrected chi connectivity index (χ1v) is 3.60. The third-order valence-corrected chi connectivity index (χ3v) is 1.82. The molecule has 66 valence electrons. The SMILES string of the molecule is O=C(O)C1CCC=NC1C(=O)O. The van der Waals surface area contributed by atoms with Gasteiger partial charge in [0.2, 0.25) is 0 Å². The van der Waals surface area contributed by atoms with Crippen molar-refractivity contribution in [2.75, 3.05) is 0 Å². The van der Waals surface area contributed by atoms with E-state index in [0.717, 1.165) is 0 Å². The molecule has 0 aromatic heterocycles. The summed E-state index contributed by atoms with van der Waals surface area (Å²) in [6.45, 7) is 0. The first-order valence-electron chi connectivity index (χ1n) is 3.60. The average Bonchev–Trinajstić information content (AvgIpc) is 2.04. The quantitative estimate of drug-likeness (QED) is 0.612. The highest BCUT2D eigenvalue weighted by atomic mass is 16.4. The molecule has 0 spiro atoms. The minimum atomic E-state index is -1.17. The third kappa shape index (κ3) is 1.61. The van der Waals surface area contributed by atoms with E-state index in [-0.39, 0.29) is 0 Å². The van der Waals surface area contributed by atoms with Gasteiger partial charge in [-0.1, -0.05) is 0 Å². The van der Waals surface area contributed by atoms with Crippen LogP contribution in [0.5, 0.6) is 0 Å². The second kappa shape index (κ2) is 3.34. The highest BCUT2D eigenvalue weighted by molar-refractivity contribution is 5.85. The molecule has 0 aromatic rings. The van der Waals surface area contributed by atoms with Gasteiger partial charge in [0.1, 0.15) is 0 Å². The van der Waals surface area contributed by atoms with Gasteiger partial charge in [0.05, 0.1) is 5.92 Å². The number of aliphatic imine (C=N–C) groups is 1. The van der Waals surface area contributed by atoms with Gasteiger partial charge in [-0.15, -0.1) is 0 Å². The highest BCUT2D eigenvalue weighted by Gasteiger charge is 2.34. The molecule has 0 saturated heterocycles. The Morgan fingerprint density at radius 1 is 1.33 bits per heavy atom. The number of aliphatic carboxylic acids is 2. The van der Waals surface area contributed by atoms with E-state index in [1.54, 1.807) is 0 Å². The number of carboxylic acids is 2. The van der Waals surface area contributed by atoms with Gasteiger partial charge < -0.3 is 10.2 Å². The Balaban J connectivity index is 2.79. The van der Waals surface area contributed by atoms with Crippen LogP contribution in [0.2, 0.25) is 0 Å². The molecular weight excluding hydrogens is 162 g/mol. The second-order valence-corrected chi connectivity index (χ2v) is 2.64. The lowest BCUT2D eigenvalue weighted by Crippen LogP contribution is -2.35. The minimum Gasteiger partial charge on any atom is -0.481 e. The van der Waals surface area contributed by atoms with E-state index in [2.05, 4.69) is 4.99 Å². The summed E-state index contributed by atoms with van der Waals surface area (Å²) >= 11 is 0. The molecule has 12 heavy (non-hydrogen) atoms. The molecule has 0 fully saturated rings. The van der Waals surface area contributed by atoms with E-state index in [1.165, 1.54) is 6.21 Å². The summed E-state index contributed by atoms with van der Waals surface area (Å²) in [7, 11) is 0. The predicted octanol–water partition coefficient (Wildman–Crippen LogP) is 0.00500. The van der Waals surface area contributed by atoms with E-state index >= 15 is 0 Å². The largest absolute Gasteiger partial charge is 0.481 e. The maximum Gasteiger partial charge on any atom is 0.329 e. The molecule has 5 nitrogen and oxygen atoms in total. The van der Waals surface area contributed by atoms with Crippen LogP contribution in [-0.4, -0.2) is 34.4 Å². The second-order valence-electron chi connectivity index (χ2n) is 2.64. The van der Waals surface area contributed by atoms with Crippen molar-refractivity contribution in [1.82, 2.24) is 0 Å². The molecule has 0 aromatic carbocycles. The van der Waals surface area contributed by atoms with E-state index < -0.39 is 23.9 Å². The van der Waals surface area contributed by atoms with Crippen LogP contribution >= 0.6 is 0 Å².